The van der Waals surface area contributed by atoms with E-state index in [9.17, 15) is 4.79 Å². The number of imidazole rings is 1. The second kappa shape index (κ2) is 9.32. The summed E-state index contributed by atoms with van der Waals surface area (Å²) in [5, 5.41) is 3.55. The summed E-state index contributed by atoms with van der Waals surface area (Å²) in [4.78, 5) is 12.1. The highest BCUT2D eigenvalue weighted by atomic mass is 16.5. The Morgan fingerprint density at radius 2 is 1.59 bits per heavy atom. The van der Waals surface area contributed by atoms with E-state index in [0.717, 1.165) is 28.7 Å². The fraction of sp³-hybridized carbons (Fsp3) is 0.269. The smallest absolute Gasteiger partial charge is 0.328 e. The second-order valence-corrected chi connectivity index (χ2v) is 8.01. The molecule has 166 valence electrons. The van der Waals surface area contributed by atoms with Crippen molar-refractivity contribution in [1.29, 1.82) is 0 Å². The van der Waals surface area contributed by atoms with Crippen LogP contribution in [0.25, 0.3) is 11.0 Å². The monoisotopic (exact) mass is 431 g/mol. The first-order chi connectivity index (χ1) is 15.5. The number of ether oxygens (including phenoxy) is 2. The van der Waals surface area contributed by atoms with Gasteiger partial charge in [0.1, 0.15) is 6.61 Å². The Labute approximate surface area is 188 Å². The van der Waals surface area contributed by atoms with Gasteiger partial charge >= 0.3 is 5.69 Å². The molecular formula is C26H29N3O3. The van der Waals surface area contributed by atoms with Crippen LogP contribution >= 0.6 is 0 Å². The summed E-state index contributed by atoms with van der Waals surface area (Å²) in [5.74, 6) is 1.39. The quantitative estimate of drug-likeness (QED) is 0.452. The first kappa shape index (κ1) is 21.7. The molecule has 6 nitrogen and oxygen atoms in total. The van der Waals surface area contributed by atoms with Gasteiger partial charge in [-0.1, -0.05) is 42.5 Å². The van der Waals surface area contributed by atoms with Crippen LogP contribution in [0.15, 0.2) is 71.5 Å². The molecule has 0 amide bonds. The predicted molar refractivity (Wildman–Crippen MR) is 127 cm³/mol. The van der Waals surface area contributed by atoms with Crippen LogP contribution in [0.2, 0.25) is 0 Å². The lowest BCUT2D eigenvalue weighted by Crippen LogP contribution is -2.19. The predicted octanol–water partition coefficient (Wildman–Crippen LogP) is 4.32. The third-order valence-corrected chi connectivity index (χ3v) is 5.87. The van der Waals surface area contributed by atoms with Gasteiger partial charge in [0.05, 0.1) is 18.1 Å². The fourth-order valence-electron chi connectivity index (χ4n) is 3.87. The molecule has 0 bridgehead atoms. The number of nitrogens with zero attached hydrogens (tertiary/aromatic N) is 2. The highest BCUT2D eigenvalue weighted by Crippen LogP contribution is 2.29. The molecule has 4 aromatic rings. The topological polar surface area (TPSA) is 57.4 Å². The molecule has 6 heteroatoms. The van der Waals surface area contributed by atoms with Crippen molar-refractivity contribution >= 4 is 11.0 Å². The number of hydrogen-bond acceptors (Lipinski definition) is 4. The SMILES string of the molecule is COc1cc(CNC(C)c2ccccc2)ccc1OCc1ccc2c(c1)n(C)c(=O)n2C. The summed E-state index contributed by atoms with van der Waals surface area (Å²) >= 11 is 0. The molecule has 1 N–H and O–H groups in total. The number of aromatic nitrogens is 2. The number of fused-ring (bicyclic) bond motifs is 1. The van der Waals surface area contributed by atoms with Gasteiger partial charge in [-0.2, -0.15) is 0 Å². The second-order valence-electron chi connectivity index (χ2n) is 8.01. The van der Waals surface area contributed by atoms with Crippen LogP contribution in [0, 0.1) is 0 Å². The summed E-state index contributed by atoms with van der Waals surface area (Å²) in [6.45, 7) is 3.27. The van der Waals surface area contributed by atoms with Crippen molar-refractivity contribution in [2.45, 2.75) is 26.1 Å². The van der Waals surface area contributed by atoms with E-state index < -0.39 is 0 Å². The Morgan fingerprint density at radius 1 is 0.875 bits per heavy atom. The van der Waals surface area contributed by atoms with E-state index in [2.05, 4.69) is 36.5 Å². The van der Waals surface area contributed by atoms with Crippen LogP contribution in [-0.4, -0.2) is 16.2 Å². The van der Waals surface area contributed by atoms with Crippen LogP contribution in [0.4, 0.5) is 0 Å². The molecule has 4 rings (SSSR count). The van der Waals surface area contributed by atoms with Gasteiger partial charge in [-0.05, 0) is 47.9 Å². The number of methoxy groups -OCH3 is 1. The van der Waals surface area contributed by atoms with E-state index in [1.807, 2.05) is 42.5 Å². The molecule has 0 spiro atoms. The highest BCUT2D eigenvalue weighted by molar-refractivity contribution is 5.76. The van der Waals surface area contributed by atoms with E-state index in [4.69, 9.17) is 9.47 Å². The molecule has 0 saturated heterocycles. The lowest BCUT2D eigenvalue weighted by atomic mass is 10.1. The third-order valence-electron chi connectivity index (χ3n) is 5.87. The molecular weight excluding hydrogens is 402 g/mol. The summed E-state index contributed by atoms with van der Waals surface area (Å²) in [7, 11) is 5.21. The summed E-state index contributed by atoms with van der Waals surface area (Å²) in [6.07, 6.45) is 0. The van der Waals surface area contributed by atoms with E-state index in [1.54, 1.807) is 30.3 Å². The molecule has 32 heavy (non-hydrogen) atoms. The lowest BCUT2D eigenvalue weighted by Gasteiger charge is -2.16. The molecule has 0 aliphatic rings. The van der Waals surface area contributed by atoms with Gasteiger partial charge in [0.15, 0.2) is 11.5 Å². The molecule has 1 aromatic heterocycles. The molecule has 1 heterocycles. The molecule has 3 aromatic carbocycles. The average molecular weight is 432 g/mol. The van der Waals surface area contributed by atoms with Gasteiger partial charge in [0.25, 0.3) is 0 Å². The van der Waals surface area contributed by atoms with Crippen molar-refractivity contribution < 1.29 is 9.47 Å². The van der Waals surface area contributed by atoms with Crippen molar-refractivity contribution in [2.24, 2.45) is 14.1 Å². The number of benzene rings is 3. The Hall–Kier alpha value is -3.51. The zero-order valence-electron chi connectivity index (χ0n) is 19.0. The van der Waals surface area contributed by atoms with Crippen molar-refractivity contribution in [2.75, 3.05) is 7.11 Å². The van der Waals surface area contributed by atoms with Gasteiger partial charge in [-0.15, -0.1) is 0 Å². The van der Waals surface area contributed by atoms with Crippen molar-refractivity contribution in [3.05, 3.63) is 93.9 Å². The van der Waals surface area contributed by atoms with Crippen molar-refractivity contribution in [3.63, 3.8) is 0 Å². The average Bonchev–Trinajstić information content (AvgIpc) is 3.05. The number of hydrogen-bond donors (Lipinski definition) is 1. The largest absolute Gasteiger partial charge is 0.493 e. The first-order valence-corrected chi connectivity index (χ1v) is 10.7. The maximum Gasteiger partial charge on any atom is 0.328 e. The minimum Gasteiger partial charge on any atom is -0.493 e. The van der Waals surface area contributed by atoms with Crippen LogP contribution in [-0.2, 0) is 27.2 Å². The van der Waals surface area contributed by atoms with E-state index >= 15 is 0 Å². The van der Waals surface area contributed by atoms with Crippen molar-refractivity contribution in [1.82, 2.24) is 14.5 Å². The van der Waals surface area contributed by atoms with E-state index in [-0.39, 0.29) is 11.7 Å². The zero-order chi connectivity index (χ0) is 22.7. The van der Waals surface area contributed by atoms with Crippen LogP contribution in [0.1, 0.15) is 29.7 Å². The lowest BCUT2D eigenvalue weighted by molar-refractivity contribution is 0.284. The Morgan fingerprint density at radius 3 is 2.34 bits per heavy atom. The minimum absolute atomic E-state index is 0.0366. The van der Waals surface area contributed by atoms with Crippen LogP contribution in [0.3, 0.4) is 0 Å². The Balaban J connectivity index is 1.43. The minimum atomic E-state index is -0.0366. The summed E-state index contributed by atoms with van der Waals surface area (Å²) < 4.78 is 14.9. The van der Waals surface area contributed by atoms with Crippen molar-refractivity contribution in [3.8, 4) is 11.5 Å². The summed E-state index contributed by atoms with van der Waals surface area (Å²) in [6, 6.07) is 22.6. The number of nitrogens with one attached hydrogen (secondary N) is 1. The molecule has 0 fully saturated rings. The highest BCUT2D eigenvalue weighted by Gasteiger charge is 2.11. The molecule has 1 unspecified atom stereocenters. The molecule has 0 radical (unpaired) electrons. The van der Waals surface area contributed by atoms with Gasteiger partial charge in [-0.25, -0.2) is 4.79 Å². The van der Waals surface area contributed by atoms with Gasteiger partial charge < -0.3 is 14.8 Å². The Bertz CT molecular complexity index is 1270. The molecule has 0 aliphatic heterocycles. The third kappa shape index (κ3) is 4.41. The Kier molecular flexibility index (Phi) is 6.32. The molecule has 0 aliphatic carbocycles. The van der Waals surface area contributed by atoms with E-state index in [1.165, 1.54) is 5.56 Å². The van der Waals surface area contributed by atoms with Gasteiger partial charge in [0, 0.05) is 26.7 Å². The summed E-state index contributed by atoms with van der Waals surface area (Å²) in [5.41, 5.74) is 5.12. The number of aryl methyl sites for hydroxylation is 2. The molecule has 1 atom stereocenters. The standard InChI is InChI=1S/C26H29N3O3/c1-18(21-8-6-5-7-9-21)27-16-19-11-13-24(25(15-19)31-4)32-17-20-10-12-22-23(14-20)29(3)26(30)28(22)2/h5-15,18,27H,16-17H2,1-4H3. The van der Waals surface area contributed by atoms with Crippen LogP contribution in [0.5, 0.6) is 11.5 Å². The maximum absolute atomic E-state index is 12.1. The van der Waals surface area contributed by atoms with E-state index in [0.29, 0.717) is 18.1 Å². The van der Waals surface area contributed by atoms with Crippen LogP contribution < -0.4 is 20.5 Å². The van der Waals surface area contributed by atoms with Gasteiger partial charge in [-0.3, -0.25) is 9.13 Å². The first-order valence-electron chi connectivity index (χ1n) is 10.7. The maximum atomic E-state index is 12.1. The normalized spacial score (nSPS) is 12.1. The number of rotatable bonds is 8. The van der Waals surface area contributed by atoms with Gasteiger partial charge in [0.2, 0.25) is 0 Å². The molecule has 0 saturated carbocycles. The fourth-order valence-corrected chi connectivity index (χ4v) is 3.87. The zero-order valence-corrected chi connectivity index (χ0v) is 19.0.